The fourth-order valence-electron chi connectivity index (χ4n) is 4.28. The van der Waals surface area contributed by atoms with Crippen molar-refractivity contribution < 1.29 is 14.0 Å². The highest BCUT2D eigenvalue weighted by atomic mass is 16.3. The van der Waals surface area contributed by atoms with Gasteiger partial charge >= 0.3 is 0 Å². The van der Waals surface area contributed by atoms with Crippen molar-refractivity contribution >= 4 is 23.2 Å². The third kappa shape index (κ3) is 7.22. The molecule has 1 N–H and O–H groups in total. The highest BCUT2D eigenvalue weighted by molar-refractivity contribution is 5.91. The van der Waals surface area contributed by atoms with Gasteiger partial charge in [-0.3, -0.25) is 9.59 Å². The van der Waals surface area contributed by atoms with Crippen LogP contribution < -0.4 is 10.2 Å². The number of carbonyl (C=O) groups excluding carboxylic acids is 2. The predicted octanol–water partition coefficient (Wildman–Crippen LogP) is 6.05. The summed E-state index contributed by atoms with van der Waals surface area (Å²) in [7, 11) is 3.96. The third-order valence-electron chi connectivity index (χ3n) is 5.95. The minimum absolute atomic E-state index is 0.0119. The van der Waals surface area contributed by atoms with Crippen molar-refractivity contribution in [3.8, 4) is 0 Å². The number of hydrogen-bond donors (Lipinski definition) is 1. The Bertz CT molecular complexity index is 1090. The second kappa shape index (κ2) is 12.2. The van der Waals surface area contributed by atoms with Crippen LogP contribution in [-0.2, 0) is 22.7 Å². The normalized spacial score (nSPS) is 11.8. The van der Waals surface area contributed by atoms with Gasteiger partial charge in [0.2, 0.25) is 11.8 Å². The fourth-order valence-corrected chi connectivity index (χ4v) is 4.28. The van der Waals surface area contributed by atoms with E-state index in [1.54, 1.807) is 6.26 Å². The molecule has 1 aromatic heterocycles. The van der Waals surface area contributed by atoms with E-state index in [-0.39, 0.29) is 23.7 Å². The van der Waals surface area contributed by atoms with Crippen molar-refractivity contribution in [2.75, 3.05) is 24.3 Å². The van der Waals surface area contributed by atoms with E-state index in [0.29, 0.717) is 25.9 Å². The van der Waals surface area contributed by atoms with E-state index in [4.69, 9.17) is 4.42 Å². The van der Waals surface area contributed by atoms with E-state index in [1.165, 1.54) is 0 Å². The Morgan fingerprint density at radius 2 is 1.71 bits per heavy atom. The lowest BCUT2D eigenvalue weighted by Gasteiger charge is -2.29. The molecule has 0 spiro atoms. The lowest BCUT2D eigenvalue weighted by molar-refractivity contribution is -0.134. The quantitative estimate of drug-likeness (QED) is 0.366. The molecule has 186 valence electrons. The van der Waals surface area contributed by atoms with Crippen LogP contribution in [-0.4, -0.2) is 30.8 Å². The summed E-state index contributed by atoms with van der Waals surface area (Å²) >= 11 is 0. The predicted molar refractivity (Wildman–Crippen MR) is 141 cm³/mol. The SMILES string of the molecule is CC[C@@H](C(=O)N(Cc1ccco1)Cc1cc(NC(=O)CC(C)C)ccc1N(C)C)c1ccccc1. The minimum Gasteiger partial charge on any atom is -0.467 e. The maximum Gasteiger partial charge on any atom is 0.230 e. The highest BCUT2D eigenvalue weighted by Crippen LogP contribution is 2.29. The van der Waals surface area contributed by atoms with Crippen molar-refractivity contribution in [3.63, 3.8) is 0 Å². The van der Waals surface area contributed by atoms with Crippen molar-refractivity contribution in [2.45, 2.75) is 52.6 Å². The van der Waals surface area contributed by atoms with Crippen molar-refractivity contribution in [1.29, 1.82) is 0 Å². The van der Waals surface area contributed by atoms with E-state index < -0.39 is 0 Å². The molecule has 0 aliphatic rings. The van der Waals surface area contributed by atoms with Gasteiger partial charge in [0.1, 0.15) is 5.76 Å². The van der Waals surface area contributed by atoms with E-state index in [2.05, 4.69) is 5.32 Å². The van der Waals surface area contributed by atoms with Crippen molar-refractivity contribution in [1.82, 2.24) is 4.90 Å². The van der Waals surface area contributed by atoms with Crippen LogP contribution in [0.5, 0.6) is 0 Å². The molecule has 6 nitrogen and oxygen atoms in total. The zero-order chi connectivity index (χ0) is 25.4. The van der Waals surface area contributed by atoms with Gasteiger partial charge in [0, 0.05) is 38.4 Å². The number of hydrogen-bond acceptors (Lipinski definition) is 4. The molecule has 0 saturated heterocycles. The summed E-state index contributed by atoms with van der Waals surface area (Å²) < 4.78 is 5.60. The fraction of sp³-hybridized carbons (Fsp3) is 0.379. The lowest BCUT2D eigenvalue weighted by Crippen LogP contribution is -2.34. The number of nitrogens with one attached hydrogen (secondary N) is 1. The van der Waals surface area contributed by atoms with Crippen LogP contribution in [0.4, 0.5) is 11.4 Å². The van der Waals surface area contributed by atoms with Gasteiger partial charge in [-0.1, -0.05) is 51.1 Å². The Kier molecular flexibility index (Phi) is 9.12. The van der Waals surface area contributed by atoms with Gasteiger partial charge < -0.3 is 19.5 Å². The van der Waals surface area contributed by atoms with Gasteiger partial charge in [-0.2, -0.15) is 0 Å². The van der Waals surface area contributed by atoms with Crippen LogP contribution in [0.1, 0.15) is 56.4 Å². The molecule has 1 heterocycles. The molecule has 3 rings (SSSR count). The number of amides is 2. The zero-order valence-corrected chi connectivity index (χ0v) is 21.5. The average Bonchev–Trinajstić information content (AvgIpc) is 3.32. The first-order valence-corrected chi connectivity index (χ1v) is 12.2. The highest BCUT2D eigenvalue weighted by Gasteiger charge is 2.26. The van der Waals surface area contributed by atoms with Crippen LogP contribution in [0.25, 0.3) is 0 Å². The molecule has 1 atom stereocenters. The number of carbonyl (C=O) groups is 2. The maximum atomic E-state index is 13.9. The summed E-state index contributed by atoms with van der Waals surface area (Å²) in [5, 5.41) is 3.01. The van der Waals surface area contributed by atoms with Gasteiger partial charge in [0.25, 0.3) is 0 Å². The van der Waals surface area contributed by atoms with Crippen molar-refractivity contribution in [3.05, 3.63) is 83.8 Å². The molecule has 0 bridgehead atoms. The smallest absolute Gasteiger partial charge is 0.230 e. The largest absolute Gasteiger partial charge is 0.467 e. The van der Waals surface area contributed by atoms with E-state index in [1.807, 2.05) is 105 Å². The molecular formula is C29H37N3O3. The van der Waals surface area contributed by atoms with Gasteiger partial charge in [0.15, 0.2) is 0 Å². The van der Waals surface area contributed by atoms with E-state index in [9.17, 15) is 9.59 Å². The van der Waals surface area contributed by atoms with Crippen LogP contribution in [0, 0.1) is 5.92 Å². The molecular weight excluding hydrogens is 438 g/mol. The van der Waals surface area contributed by atoms with Gasteiger partial charge in [-0.05, 0) is 53.8 Å². The minimum atomic E-state index is -0.247. The third-order valence-corrected chi connectivity index (χ3v) is 5.95. The van der Waals surface area contributed by atoms with E-state index in [0.717, 1.165) is 28.3 Å². The Labute approximate surface area is 208 Å². The number of benzene rings is 2. The first-order valence-electron chi connectivity index (χ1n) is 12.2. The van der Waals surface area contributed by atoms with Crippen LogP contribution in [0.3, 0.4) is 0 Å². The zero-order valence-electron chi connectivity index (χ0n) is 21.5. The number of anilines is 2. The lowest BCUT2D eigenvalue weighted by atomic mass is 9.94. The molecule has 35 heavy (non-hydrogen) atoms. The first kappa shape index (κ1) is 26.1. The van der Waals surface area contributed by atoms with Gasteiger partial charge in [0.05, 0.1) is 18.7 Å². The molecule has 0 fully saturated rings. The van der Waals surface area contributed by atoms with Crippen LogP contribution in [0.2, 0.25) is 0 Å². The Hall–Kier alpha value is -3.54. The van der Waals surface area contributed by atoms with Crippen molar-refractivity contribution in [2.24, 2.45) is 5.92 Å². The Morgan fingerprint density at radius 1 is 0.971 bits per heavy atom. The van der Waals surface area contributed by atoms with Gasteiger partial charge in [-0.25, -0.2) is 0 Å². The molecule has 3 aromatic rings. The monoisotopic (exact) mass is 475 g/mol. The first-order chi connectivity index (χ1) is 16.8. The number of nitrogens with zero attached hydrogens (tertiary/aromatic N) is 2. The molecule has 2 aromatic carbocycles. The molecule has 0 radical (unpaired) electrons. The molecule has 0 aliphatic heterocycles. The van der Waals surface area contributed by atoms with E-state index >= 15 is 0 Å². The second-order valence-electron chi connectivity index (χ2n) is 9.53. The summed E-state index contributed by atoms with van der Waals surface area (Å²) in [6.45, 7) is 6.84. The number of rotatable bonds is 11. The summed E-state index contributed by atoms with van der Waals surface area (Å²) in [6, 6.07) is 19.5. The molecule has 2 amide bonds. The summed E-state index contributed by atoms with van der Waals surface area (Å²) in [6.07, 6.45) is 2.79. The molecule has 0 unspecified atom stereocenters. The van der Waals surface area contributed by atoms with Gasteiger partial charge in [-0.15, -0.1) is 0 Å². The number of furan rings is 1. The maximum absolute atomic E-state index is 13.9. The standard InChI is InChI=1S/C29H37N3O3/c1-6-26(22-11-8-7-9-12-22)29(34)32(20-25-13-10-16-35-25)19-23-18-24(14-15-27(23)31(4)5)30-28(33)17-21(2)3/h7-16,18,21,26H,6,17,19-20H2,1-5H3,(H,30,33)/t26-/m1/s1. The summed E-state index contributed by atoms with van der Waals surface area (Å²) in [5.41, 5.74) is 3.70. The topological polar surface area (TPSA) is 65.8 Å². The van der Waals surface area contributed by atoms with Crippen LogP contribution >= 0.6 is 0 Å². The summed E-state index contributed by atoms with van der Waals surface area (Å²) in [4.78, 5) is 30.1. The second-order valence-corrected chi connectivity index (χ2v) is 9.53. The summed E-state index contributed by atoms with van der Waals surface area (Å²) in [5.74, 6) is 0.800. The Morgan fingerprint density at radius 3 is 2.31 bits per heavy atom. The molecule has 0 aliphatic carbocycles. The molecule has 0 saturated carbocycles. The molecule has 6 heteroatoms. The average molecular weight is 476 g/mol. The Balaban J connectivity index is 1.94. The van der Waals surface area contributed by atoms with Crippen LogP contribution in [0.15, 0.2) is 71.3 Å².